The van der Waals surface area contributed by atoms with E-state index in [0.29, 0.717) is 10.8 Å². The molecule has 0 bridgehead atoms. The zero-order valence-corrected chi connectivity index (χ0v) is 11.8. The normalized spacial score (nSPS) is 11.6. The lowest BCUT2D eigenvalue weighted by molar-refractivity contribution is -0.137. The lowest BCUT2D eigenvalue weighted by Crippen LogP contribution is -2.09. The van der Waals surface area contributed by atoms with Gasteiger partial charge in [0.05, 0.1) is 10.6 Å². The molecule has 1 amide bonds. The summed E-state index contributed by atoms with van der Waals surface area (Å²) >= 11 is 5.66. The number of benzene rings is 1. The van der Waals surface area contributed by atoms with E-state index in [1.165, 1.54) is 30.5 Å². The first-order valence-electron chi connectivity index (χ1n) is 6.12. The highest BCUT2D eigenvalue weighted by atomic mass is 35.5. The highest BCUT2D eigenvalue weighted by Gasteiger charge is 2.30. The van der Waals surface area contributed by atoms with Gasteiger partial charge in [0.2, 0.25) is 5.91 Å². The van der Waals surface area contributed by atoms with Crippen molar-refractivity contribution in [3.8, 4) is 0 Å². The van der Waals surface area contributed by atoms with E-state index < -0.39 is 17.6 Å². The number of hydrogen-bond acceptors (Lipinski definition) is 2. The van der Waals surface area contributed by atoms with E-state index in [-0.39, 0.29) is 5.56 Å². The Hall–Kier alpha value is -2.34. The standard InChI is InChI=1S/C15H10ClF3N2O/c16-12-5-6-13(20-9-12)21-14(22)7-4-10-2-1-3-11(8-10)15(17,18)19/h1-9H,(H,20,21,22)/b7-4+. The van der Waals surface area contributed by atoms with E-state index in [9.17, 15) is 18.0 Å². The van der Waals surface area contributed by atoms with Gasteiger partial charge >= 0.3 is 6.18 Å². The number of rotatable bonds is 3. The fraction of sp³-hybridized carbons (Fsp3) is 0.0667. The van der Waals surface area contributed by atoms with Crippen molar-refractivity contribution >= 4 is 29.4 Å². The monoisotopic (exact) mass is 326 g/mol. The minimum Gasteiger partial charge on any atom is -0.307 e. The van der Waals surface area contributed by atoms with E-state index >= 15 is 0 Å². The van der Waals surface area contributed by atoms with Crippen LogP contribution in [0.1, 0.15) is 11.1 Å². The molecule has 2 rings (SSSR count). The molecular weight excluding hydrogens is 317 g/mol. The van der Waals surface area contributed by atoms with Crippen molar-refractivity contribution in [3.05, 3.63) is 64.8 Å². The lowest BCUT2D eigenvalue weighted by Gasteiger charge is -2.06. The maximum Gasteiger partial charge on any atom is 0.416 e. The van der Waals surface area contributed by atoms with E-state index in [0.717, 1.165) is 18.2 Å². The van der Waals surface area contributed by atoms with Gasteiger partial charge in [0.15, 0.2) is 0 Å². The fourth-order valence-electron chi connectivity index (χ4n) is 1.61. The van der Waals surface area contributed by atoms with Gasteiger partial charge in [-0.3, -0.25) is 4.79 Å². The molecule has 1 aromatic heterocycles. The van der Waals surface area contributed by atoms with Crippen LogP contribution in [0, 0.1) is 0 Å². The predicted octanol–water partition coefficient (Wildman–Crippen LogP) is 4.41. The Bertz CT molecular complexity index is 697. The van der Waals surface area contributed by atoms with Crippen LogP contribution in [0.15, 0.2) is 48.7 Å². The number of nitrogens with zero attached hydrogens (tertiary/aromatic N) is 1. The molecule has 1 heterocycles. The SMILES string of the molecule is O=C(/C=C/c1cccc(C(F)(F)F)c1)Nc1ccc(Cl)cn1. The molecule has 0 saturated carbocycles. The summed E-state index contributed by atoms with van der Waals surface area (Å²) in [6, 6.07) is 7.75. The van der Waals surface area contributed by atoms with Gasteiger partial charge in [-0.1, -0.05) is 23.7 Å². The second-order valence-corrected chi connectivity index (χ2v) is 4.74. The number of carbonyl (C=O) groups excluding carboxylic acids is 1. The van der Waals surface area contributed by atoms with E-state index in [1.807, 2.05) is 0 Å². The molecule has 0 radical (unpaired) electrons. The minimum absolute atomic E-state index is 0.272. The molecule has 0 unspecified atom stereocenters. The molecule has 0 fully saturated rings. The molecule has 0 aliphatic rings. The number of carbonyl (C=O) groups is 1. The van der Waals surface area contributed by atoms with Crippen molar-refractivity contribution in [2.24, 2.45) is 0 Å². The summed E-state index contributed by atoms with van der Waals surface area (Å²) < 4.78 is 37.7. The van der Waals surface area contributed by atoms with Gasteiger partial charge in [-0.2, -0.15) is 13.2 Å². The summed E-state index contributed by atoms with van der Waals surface area (Å²) in [7, 11) is 0. The van der Waals surface area contributed by atoms with Crippen LogP contribution in [0.25, 0.3) is 6.08 Å². The van der Waals surface area contributed by atoms with Crippen LogP contribution in [0.3, 0.4) is 0 Å². The maximum atomic E-state index is 12.6. The van der Waals surface area contributed by atoms with Gasteiger partial charge in [0.1, 0.15) is 5.82 Å². The molecule has 1 aromatic carbocycles. The third kappa shape index (κ3) is 4.60. The van der Waals surface area contributed by atoms with Crippen molar-refractivity contribution in [2.45, 2.75) is 6.18 Å². The number of halogens is 4. The van der Waals surface area contributed by atoms with E-state index in [1.54, 1.807) is 6.07 Å². The fourth-order valence-corrected chi connectivity index (χ4v) is 1.72. The van der Waals surface area contributed by atoms with Crippen molar-refractivity contribution in [1.29, 1.82) is 0 Å². The molecule has 0 atom stereocenters. The predicted molar refractivity (Wildman–Crippen MR) is 78.4 cm³/mol. The van der Waals surface area contributed by atoms with Gasteiger partial charge in [0, 0.05) is 12.3 Å². The maximum absolute atomic E-state index is 12.6. The van der Waals surface area contributed by atoms with Crippen LogP contribution in [0.5, 0.6) is 0 Å². The molecule has 0 aliphatic carbocycles. The van der Waals surface area contributed by atoms with Crippen molar-refractivity contribution < 1.29 is 18.0 Å². The first-order chi connectivity index (χ1) is 10.3. The molecule has 2 aromatic rings. The van der Waals surface area contributed by atoms with Gasteiger partial charge in [-0.25, -0.2) is 4.98 Å². The Labute approximate surface area is 129 Å². The quantitative estimate of drug-likeness (QED) is 0.849. The number of aromatic nitrogens is 1. The molecule has 0 spiro atoms. The Morgan fingerprint density at radius 1 is 1.23 bits per heavy atom. The topological polar surface area (TPSA) is 42.0 Å². The highest BCUT2D eigenvalue weighted by Crippen LogP contribution is 2.29. The van der Waals surface area contributed by atoms with Crippen LogP contribution in [0.4, 0.5) is 19.0 Å². The van der Waals surface area contributed by atoms with E-state index in [2.05, 4.69) is 10.3 Å². The molecule has 0 saturated heterocycles. The first kappa shape index (κ1) is 16.0. The van der Waals surface area contributed by atoms with Gasteiger partial charge < -0.3 is 5.32 Å². The average Bonchev–Trinajstić information content (AvgIpc) is 2.47. The summed E-state index contributed by atoms with van der Waals surface area (Å²) in [6.07, 6.45) is -0.626. The van der Waals surface area contributed by atoms with Crippen LogP contribution in [0.2, 0.25) is 5.02 Å². The van der Waals surface area contributed by atoms with Crippen LogP contribution in [-0.2, 0) is 11.0 Å². The molecular formula is C15H10ClF3N2O. The second-order valence-electron chi connectivity index (χ2n) is 4.31. The molecule has 7 heteroatoms. The number of amides is 1. The van der Waals surface area contributed by atoms with Gasteiger partial charge in [-0.15, -0.1) is 0 Å². The summed E-state index contributed by atoms with van der Waals surface area (Å²) in [4.78, 5) is 15.5. The Morgan fingerprint density at radius 2 is 2.00 bits per heavy atom. The molecule has 0 aliphatic heterocycles. The van der Waals surface area contributed by atoms with Crippen LogP contribution >= 0.6 is 11.6 Å². The summed E-state index contributed by atoms with van der Waals surface area (Å²) in [5.74, 6) is -0.213. The van der Waals surface area contributed by atoms with Gasteiger partial charge in [-0.05, 0) is 35.9 Å². The number of alkyl halides is 3. The summed E-state index contributed by atoms with van der Waals surface area (Å²) in [6.45, 7) is 0. The number of anilines is 1. The highest BCUT2D eigenvalue weighted by molar-refractivity contribution is 6.30. The second kappa shape index (κ2) is 6.62. The Kier molecular flexibility index (Phi) is 4.82. The van der Waals surface area contributed by atoms with Crippen molar-refractivity contribution in [2.75, 3.05) is 5.32 Å². The summed E-state index contributed by atoms with van der Waals surface area (Å²) in [5, 5.41) is 2.89. The number of nitrogens with one attached hydrogen (secondary N) is 1. The average molecular weight is 327 g/mol. The molecule has 22 heavy (non-hydrogen) atoms. The number of hydrogen-bond donors (Lipinski definition) is 1. The van der Waals surface area contributed by atoms with Crippen molar-refractivity contribution in [1.82, 2.24) is 4.98 Å². The Balaban J connectivity index is 2.05. The lowest BCUT2D eigenvalue weighted by atomic mass is 10.1. The van der Waals surface area contributed by atoms with Crippen molar-refractivity contribution in [3.63, 3.8) is 0 Å². The zero-order chi connectivity index (χ0) is 16.2. The Morgan fingerprint density at radius 3 is 2.64 bits per heavy atom. The third-order valence-electron chi connectivity index (χ3n) is 2.62. The molecule has 114 valence electrons. The van der Waals surface area contributed by atoms with E-state index in [4.69, 9.17) is 11.6 Å². The van der Waals surface area contributed by atoms with Crippen LogP contribution < -0.4 is 5.32 Å². The third-order valence-corrected chi connectivity index (χ3v) is 2.84. The number of pyridine rings is 1. The smallest absolute Gasteiger partial charge is 0.307 e. The summed E-state index contributed by atoms with van der Waals surface area (Å²) in [5.41, 5.74) is -0.497. The molecule has 3 nitrogen and oxygen atoms in total. The first-order valence-corrected chi connectivity index (χ1v) is 6.50. The minimum atomic E-state index is -4.42. The van der Waals surface area contributed by atoms with Gasteiger partial charge in [0.25, 0.3) is 0 Å². The van der Waals surface area contributed by atoms with Crippen LogP contribution in [-0.4, -0.2) is 10.9 Å². The molecule has 1 N–H and O–H groups in total. The zero-order valence-electron chi connectivity index (χ0n) is 11.1. The largest absolute Gasteiger partial charge is 0.416 e.